The zero-order valence-electron chi connectivity index (χ0n) is 11.1. The van der Waals surface area contributed by atoms with E-state index in [9.17, 15) is 13.6 Å². The van der Waals surface area contributed by atoms with Crippen molar-refractivity contribution in [3.8, 4) is 23.0 Å². The number of ether oxygens (including phenoxy) is 2. The maximum Gasteiger partial charge on any atom is 0.374 e. The van der Waals surface area contributed by atoms with E-state index in [1.807, 2.05) is 0 Å². The maximum absolute atomic E-state index is 12.8. The van der Waals surface area contributed by atoms with Crippen LogP contribution in [-0.2, 0) is 0 Å². The van der Waals surface area contributed by atoms with E-state index in [0.29, 0.717) is 5.75 Å². The summed E-state index contributed by atoms with van der Waals surface area (Å²) in [6, 6.07) is 4.66. The molecule has 0 aliphatic rings. The predicted octanol–water partition coefficient (Wildman–Crippen LogP) is 2.99. The number of nitrogens with zero attached hydrogens (tertiary/aromatic N) is 1. The van der Waals surface area contributed by atoms with Crippen LogP contribution in [0.2, 0.25) is 0 Å². The summed E-state index contributed by atoms with van der Waals surface area (Å²) < 4.78 is 40.7. The van der Waals surface area contributed by atoms with Gasteiger partial charge in [0.05, 0.1) is 19.8 Å². The van der Waals surface area contributed by atoms with E-state index in [-0.39, 0.29) is 17.2 Å². The third-order valence-electron chi connectivity index (χ3n) is 2.69. The van der Waals surface area contributed by atoms with Crippen LogP contribution in [0.3, 0.4) is 0 Å². The Bertz CT molecular complexity index is 669. The Labute approximate surface area is 117 Å². The van der Waals surface area contributed by atoms with Crippen LogP contribution in [0, 0.1) is 0 Å². The zero-order valence-corrected chi connectivity index (χ0v) is 11.1. The number of aromatic nitrogens is 1. The number of aromatic carboxylic acids is 1. The number of benzene rings is 1. The smallest absolute Gasteiger partial charge is 0.374 e. The maximum atomic E-state index is 12.8. The van der Waals surface area contributed by atoms with Crippen LogP contribution in [0.25, 0.3) is 11.5 Å². The van der Waals surface area contributed by atoms with Gasteiger partial charge in [-0.3, -0.25) is 0 Å². The van der Waals surface area contributed by atoms with Crippen molar-refractivity contribution in [3.05, 3.63) is 29.7 Å². The SMILES string of the molecule is COc1cccc(-c2nc(C(F)F)c(C(=O)O)o2)c1OC. The van der Waals surface area contributed by atoms with Crippen LogP contribution >= 0.6 is 0 Å². The quantitative estimate of drug-likeness (QED) is 0.914. The van der Waals surface area contributed by atoms with E-state index < -0.39 is 23.8 Å². The molecule has 8 heteroatoms. The summed E-state index contributed by atoms with van der Waals surface area (Å²) in [6.45, 7) is 0. The molecule has 0 aliphatic heterocycles. The number of methoxy groups -OCH3 is 2. The summed E-state index contributed by atoms with van der Waals surface area (Å²) in [5.74, 6) is -2.25. The number of carboxylic acids is 1. The van der Waals surface area contributed by atoms with Crippen molar-refractivity contribution in [2.24, 2.45) is 0 Å². The van der Waals surface area contributed by atoms with Gasteiger partial charge in [0.15, 0.2) is 17.2 Å². The first-order valence-electron chi connectivity index (χ1n) is 5.73. The largest absolute Gasteiger partial charge is 0.493 e. The molecule has 1 aromatic heterocycles. The number of rotatable bonds is 5. The van der Waals surface area contributed by atoms with Crippen LogP contribution in [0.1, 0.15) is 22.7 Å². The Morgan fingerprint density at radius 2 is 2.05 bits per heavy atom. The van der Waals surface area contributed by atoms with Crippen molar-refractivity contribution in [1.82, 2.24) is 4.98 Å². The molecule has 0 saturated heterocycles. The summed E-state index contributed by atoms with van der Waals surface area (Å²) in [6.07, 6.45) is -3.06. The van der Waals surface area contributed by atoms with Gasteiger partial charge in [-0.1, -0.05) is 6.07 Å². The standard InChI is InChI=1S/C13H11F2NO5/c1-19-7-5-3-4-6(9(7)20-2)12-16-8(11(14)15)10(21-12)13(17)18/h3-5,11H,1-2H3,(H,17,18). The normalized spacial score (nSPS) is 10.7. The van der Waals surface area contributed by atoms with Crippen molar-refractivity contribution in [2.75, 3.05) is 14.2 Å². The lowest BCUT2D eigenvalue weighted by Gasteiger charge is -2.09. The van der Waals surface area contributed by atoms with E-state index in [1.165, 1.54) is 20.3 Å². The molecule has 0 amide bonds. The van der Waals surface area contributed by atoms with Crippen molar-refractivity contribution in [1.29, 1.82) is 0 Å². The van der Waals surface area contributed by atoms with Crippen LogP contribution in [-0.4, -0.2) is 30.3 Å². The lowest BCUT2D eigenvalue weighted by molar-refractivity contribution is 0.0646. The van der Waals surface area contributed by atoms with Gasteiger partial charge in [-0.2, -0.15) is 0 Å². The summed E-state index contributed by atoms with van der Waals surface area (Å²) >= 11 is 0. The molecule has 0 atom stereocenters. The second kappa shape index (κ2) is 5.78. The Balaban J connectivity index is 2.62. The van der Waals surface area contributed by atoms with Gasteiger partial charge in [-0.15, -0.1) is 0 Å². The molecule has 0 radical (unpaired) electrons. The Morgan fingerprint density at radius 1 is 1.33 bits per heavy atom. The monoisotopic (exact) mass is 299 g/mol. The number of hydrogen-bond acceptors (Lipinski definition) is 5. The number of para-hydroxylation sites is 1. The number of oxazole rings is 1. The van der Waals surface area contributed by atoms with Crippen molar-refractivity contribution in [3.63, 3.8) is 0 Å². The highest BCUT2D eigenvalue weighted by atomic mass is 19.3. The Morgan fingerprint density at radius 3 is 2.52 bits per heavy atom. The Kier molecular flexibility index (Phi) is 4.06. The minimum atomic E-state index is -3.06. The van der Waals surface area contributed by atoms with Gasteiger partial charge in [-0.05, 0) is 12.1 Å². The van der Waals surface area contributed by atoms with Gasteiger partial charge in [0.2, 0.25) is 11.7 Å². The predicted molar refractivity (Wildman–Crippen MR) is 67.0 cm³/mol. The molecule has 0 bridgehead atoms. The van der Waals surface area contributed by atoms with E-state index in [1.54, 1.807) is 12.1 Å². The molecule has 21 heavy (non-hydrogen) atoms. The molecule has 1 heterocycles. The number of carboxylic acid groups (broad SMARTS) is 1. The first kappa shape index (κ1) is 14.8. The van der Waals surface area contributed by atoms with Gasteiger partial charge >= 0.3 is 5.97 Å². The van der Waals surface area contributed by atoms with Gasteiger partial charge in [0, 0.05) is 0 Å². The molecule has 1 N–H and O–H groups in total. The van der Waals surface area contributed by atoms with E-state index in [4.69, 9.17) is 19.0 Å². The highest BCUT2D eigenvalue weighted by Crippen LogP contribution is 2.39. The fraction of sp³-hybridized carbons (Fsp3) is 0.231. The van der Waals surface area contributed by atoms with Gasteiger partial charge in [-0.25, -0.2) is 18.6 Å². The van der Waals surface area contributed by atoms with Crippen molar-refractivity contribution < 1.29 is 32.6 Å². The lowest BCUT2D eigenvalue weighted by atomic mass is 10.2. The molecule has 112 valence electrons. The highest BCUT2D eigenvalue weighted by Gasteiger charge is 2.28. The third-order valence-corrected chi connectivity index (χ3v) is 2.69. The average molecular weight is 299 g/mol. The summed E-state index contributed by atoms with van der Waals surface area (Å²) in [5.41, 5.74) is -0.714. The molecule has 6 nitrogen and oxygen atoms in total. The first-order valence-corrected chi connectivity index (χ1v) is 5.73. The zero-order chi connectivity index (χ0) is 15.6. The molecule has 0 unspecified atom stereocenters. The fourth-order valence-electron chi connectivity index (χ4n) is 1.80. The Hall–Kier alpha value is -2.64. The molecule has 1 aromatic carbocycles. The minimum absolute atomic E-state index is 0.207. The lowest BCUT2D eigenvalue weighted by Crippen LogP contribution is -1.99. The average Bonchev–Trinajstić information content (AvgIpc) is 2.91. The number of halogens is 2. The highest BCUT2D eigenvalue weighted by molar-refractivity contribution is 5.86. The molecule has 2 rings (SSSR count). The molecule has 0 fully saturated rings. The van der Waals surface area contributed by atoms with Crippen LogP contribution in [0.5, 0.6) is 11.5 Å². The van der Waals surface area contributed by atoms with Crippen molar-refractivity contribution in [2.45, 2.75) is 6.43 Å². The van der Waals surface area contributed by atoms with Gasteiger partial charge in [0.25, 0.3) is 6.43 Å². The molecular weight excluding hydrogens is 288 g/mol. The molecule has 0 spiro atoms. The van der Waals surface area contributed by atoms with E-state index in [0.717, 1.165) is 0 Å². The molecule has 0 aliphatic carbocycles. The second-order valence-corrected chi connectivity index (χ2v) is 3.88. The van der Waals surface area contributed by atoms with Crippen molar-refractivity contribution >= 4 is 5.97 Å². The topological polar surface area (TPSA) is 81.8 Å². The number of carbonyl (C=O) groups is 1. The molecule has 0 saturated carbocycles. The summed E-state index contributed by atoms with van der Waals surface area (Å²) in [7, 11) is 2.76. The van der Waals surface area contributed by atoms with Gasteiger partial charge < -0.3 is 19.0 Å². The fourth-order valence-corrected chi connectivity index (χ4v) is 1.80. The summed E-state index contributed by atoms with van der Waals surface area (Å²) in [4.78, 5) is 14.5. The van der Waals surface area contributed by atoms with Gasteiger partial charge in [0.1, 0.15) is 0 Å². The third kappa shape index (κ3) is 2.64. The molecule has 2 aromatic rings. The van der Waals surface area contributed by atoms with Crippen LogP contribution < -0.4 is 9.47 Å². The first-order chi connectivity index (χ1) is 9.99. The van der Waals surface area contributed by atoms with E-state index >= 15 is 0 Å². The summed E-state index contributed by atoms with van der Waals surface area (Å²) in [5, 5.41) is 8.88. The van der Waals surface area contributed by atoms with E-state index in [2.05, 4.69) is 4.98 Å². The second-order valence-electron chi connectivity index (χ2n) is 3.88. The minimum Gasteiger partial charge on any atom is -0.493 e. The van der Waals surface area contributed by atoms with Crippen LogP contribution in [0.4, 0.5) is 8.78 Å². The number of alkyl halides is 2. The molecular formula is C13H11F2NO5. The number of hydrogen-bond donors (Lipinski definition) is 1. The van der Waals surface area contributed by atoms with Crippen LogP contribution in [0.15, 0.2) is 22.6 Å².